The van der Waals surface area contributed by atoms with Gasteiger partial charge < -0.3 is 0 Å². The van der Waals surface area contributed by atoms with Gasteiger partial charge in [0.25, 0.3) is 0 Å². The molecule has 28 heavy (non-hydrogen) atoms. The van der Waals surface area contributed by atoms with Gasteiger partial charge in [-0.2, -0.15) is 4.72 Å². The molecule has 7 heteroatoms. The molecular formula is C21H27Cl2NO3S. The highest BCUT2D eigenvalue weighted by Crippen LogP contribution is 2.57. The number of halogens is 2. The van der Waals surface area contributed by atoms with E-state index in [1.807, 2.05) is 0 Å². The standard InChI is InChI=1S/C21H27Cl2NO3S/c1-21(2,24-28(26,27)18-5-3-4-17(22)20(18)23)19(25)11-16-14-7-12-6-13(9-14)10-15(16)8-12/h3-5,12-16,24H,6-11H2,1-2H3. The second-order valence-corrected chi connectivity index (χ2v) is 11.9. The first-order chi connectivity index (χ1) is 13.1. The van der Waals surface area contributed by atoms with E-state index in [9.17, 15) is 13.2 Å². The molecule has 0 amide bonds. The van der Waals surface area contributed by atoms with Gasteiger partial charge in [0.15, 0.2) is 5.78 Å². The molecule has 4 aliphatic carbocycles. The Kier molecular flexibility index (Phi) is 5.35. The summed E-state index contributed by atoms with van der Waals surface area (Å²) in [5.41, 5.74) is -1.20. The van der Waals surface area contributed by atoms with Crippen molar-refractivity contribution < 1.29 is 13.2 Å². The summed E-state index contributed by atoms with van der Waals surface area (Å²) in [5.74, 6) is 3.33. The van der Waals surface area contributed by atoms with Crippen LogP contribution in [0.3, 0.4) is 0 Å². The average Bonchev–Trinajstić information content (AvgIpc) is 2.58. The summed E-state index contributed by atoms with van der Waals surface area (Å²) in [4.78, 5) is 13.0. The molecule has 0 atom stereocenters. The largest absolute Gasteiger partial charge is 0.298 e. The number of benzene rings is 1. The number of sulfonamides is 1. The van der Waals surface area contributed by atoms with Gasteiger partial charge in [-0.3, -0.25) is 4.79 Å². The lowest BCUT2D eigenvalue weighted by Gasteiger charge is -2.54. The summed E-state index contributed by atoms with van der Waals surface area (Å²) >= 11 is 12.0. The van der Waals surface area contributed by atoms with E-state index in [1.54, 1.807) is 13.8 Å². The van der Waals surface area contributed by atoms with Crippen molar-refractivity contribution in [2.75, 3.05) is 0 Å². The van der Waals surface area contributed by atoms with Crippen LogP contribution in [0.4, 0.5) is 0 Å². The fourth-order valence-corrected chi connectivity index (χ4v) is 8.14. The molecule has 0 aromatic heterocycles. The highest BCUT2D eigenvalue weighted by molar-refractivity contribution is 7.89. The first kappa shape index (κ1) is 20.6. The molecule has 4 fully saturated rings. The van der Waals surface area contributed by atoms with Crippen LogP contribution in [0.5, 0.6) is 0 Å². The molecule has 0 spiro atoms. The molecule has 4 nitrogen and oxygen atoms in total. The van der Waals surface area contributed by atoms with Gasteiger partial charge >= 0.3 is 0 Å². The summed E-state index contributed by atoms with van der Waals surface area (Å²) < 4.78 is 28.3. The molecule has 1 N–H and O–H groups in total. The Morgan fingerprint density at radius 3 is 2.21 bits per heavy atom. The van der Waals surface area contributed by atoms with Gasteiger partial charge in [0.05, 0.1) is 15.6 Å². The minimum absolute atomic E-state index is 0.0269. The predicted molar refractivity (Wildman–Crippen MR) is 111 cm³/mol. The number of Topliss-reactive ketones (excluding diaryl/α,β-unsaturated/α-hetero) is 1. The van der Waals surface area contributed by atoms with Crippen molar-refractivity contribution in [1.82, 2.24) is 4.72 Å². The SMILES string of the molecule is CC(C)(NS(=O)(=O)c1cccc(Cl)c1Cl)C(=O)CC1C2CC3CC(C2)CC1C3. The Balaban J connectivity index is 1.49. The van der Waals surface area contributed by atoms with Gasteiger partial charge in [0, 0.05) is 6.42 Å². The van der Waals surface area contributed by atoms with Crippen LogP contribution < -0.4 is 4.72 Å². The number of carbonyl (C=O) groups is 1. The van der Waals surface area contributed by atoms with Gasteiger partial charge in [-0.1, -0.05) is 29.3 Å². The van der Waals surface area contributed by atoms with Crippen LogP contribution in [0.25, 0.3) is 0 Å². The van der Waals surface area contributed by atoms with Crippen LogP contribution in [0.15, 0.2) is 23.1 Å². The van der Waals surface area contributed by atoms with Gasteiger partial charge in [0.2, 0.25) is 10.0 Å². The Bertz CT molecular complexity index is 869. The van der Waals surface area contributed by atoms with E-state index in [-0.39, 0.29) is 20.7 Å². The third-order valence-corrected chi connectivity index (χ3v) is 9.76. The Labute approximate surface area is 177 Å². The third-order valence-electron chi connectivity index (χ3n) is 7.14. The number of ketones is 1. The van der Waals surface area contributed by atoms with E-state index in [1.165, 1.54) is 50.3 Å². The number of rotatable bonds is 6. The summed E-state index contributed by atoms with van der Waals surface area (Å²) in [5, 5.41) is 0.142. The van der Waals surface area contributed by atoms with Crippen molar-refractivity contribution in [3.05, 3.63) is 28.2 Å². The Morgan fingerprint density at radius 2 is 1.64 bits per heavy atom. The highest BCUT2D eigenvalue weighted by Gasteiger charge is 2.49. The average molecular weight is 444 g/mol. The van der Waals surface area contributed by atoms with Crippen LogP contribution in [-0.4, -0.2) is 19.7 Å². The molecule has 4 saturated carbocycles. The van der Waals surface area contributed by atoms with Crippen molar-refractivity contribution in [3.63, 3.8) is 0 Å². The molecule has 1 aromatic carbocycles. The van der Waals surface area contributed by atoms with Gasteiger partial charge in [0.1, 0.15) is 4.90 Å². The van der Waals surface area contributed by atoms with E-state index < -0.39 is 15.6 Å². The van der Waals surface area contributed by atoms with Crippen LogP contribution >= 0.6 is 23.2 Å². The first-order valence-corrected chi connectivity index (χ1v) is 12.3. The zero-order valence-corrected chi connectivity index (χ0v) is 18.6. The van der Waals surface area contributed by atoms with Crippen LogP contribution in [-0.2, 0) is 14.8 Å². The second kappa shape index (κ2) is 7.26. The lowest BCUT2D eigenvalue weighted by Crippen LogP contribution is -2.52. The van der Waals surface area contributed by atoms with Crippen LogP contribution in [0.1, 0.15) is 52.4 Å². The zero-order valence-electron chi connectivity index (χ0n) is 16.3. The normalized spacial score (nSPS) is 31.9. The van der Waals surface area contributed by atoms with Crippen LogP contribution in [0.2, 0.25) is 10.0 Å². The minimum Gasteiger partial charge on any atom is -0.298 e. The molecular weight excluding hydrogens is 417 g/mol. The number of hydrogen-bond acceptors (Lipinski definition) is 3. The van der Waals surface area contributed by atoms with Crippen molar-refractivity contribution in [2.45, 2.75) is 62.8 Å². The summed E-state index contributed by atoms with van der Waals surface area (Å²) in [6, 6.07) is 4.46. The summed E-state index contributed by atoms with van der Waals surface area (Å²) in [6.07, 6.45) is 6.81. The molecule has 0 unspecified atom stereocenters. The van der Waals surface area contributed by atoms with Gasteiger partial charge in [-0.05, 0) is 87.7 Å². The molecule has 4 aliphatic rings. The van der Waals surface area contributed by atoms with E-state index in [0.717, 1.165) is 11.8 Å². The smallest absolute Gasteiger partial charge is 0.243 e. The second-order valence-electron chi connectivity index (χ2n) is 9.50. The molecule has 5 rings (SSSR count). The molecule has 154 valence electrons. The predicted octanol–water partition coefficient (Wildman–Crippen LogP) is 5.08. The summed E-state index contributed by atoms with van der Waals surface area (Å²) in [7, 11) is -3.96. The number of nitrogens with one attached hydrogen (secondary N) is 1. The van der Waals surface area contributed by atoms with E-state index in [4.69, 9.17) is 23.2 Å². The van der Waals surface area contributed by atoms with Crippen molar-refractivity contribution in [1.29, 1.82) is 0 Å². The van der Waals surface area contributed by atoms with Crippen molar-refractivity contribution >= 4 is 39.0 Å². The highest BCUT2D eigenvalue weighted by atomic mass is 35.5. The first-order valence-electron chi connectivity index (χ1n) is 10.1. The van der Waals surface area contributed by atoms with Crippen molar-refractivity contribution in [2.24, 2.45) is 29.6 Å². The van der Waals surface area contributed by atoms with Gasteiger partial charge in [-0.15, -0.1) is 0 Å². The summed E-state index contributed by atoms with van der Waals surface area (Å²) in [6.45, 7) is 3.28. The topological polar surface area (TPSA) is 63.2 Å². The lowest BCUT2D eigenvalue weighted by atomic mass is 9.51. The lowest BCUT2D eigenvalue weighted by molar-refractivity contribution is -0.128. The van der Waals surface area contributed by atoms with Gasteiger partial charge in [-0.25, -0.2) is 8.42 Å². The Hall–Kier alpha value is -0.620. The fourth-order valence-electron chi connectivity index (χ4n) is 5.98. The third kappa shape index (κ3) is 3.76. The molecule has 4 bridgehead atoms. The van der Waals surface area contributed by atoms with E-state index in [0.29, 0.717) is 24.2 Å². The Morgan fingerprint density at radius 1 is 1.07 bits per heavy atom. The zero-order chi connectivity index (χ0) is 20.3. The molecule has 0 heterocycles. The molecule has 1 aromatic rings. The van der Waals surface area contributed by atoms with Crippen LogP contribution in [0, 0.1) is 29.6 Å². The fraction of sp³-hybridized carbons (Fsp3) is 0.667. The van der Waals surface area contributed by atoms with E-state index in [2.05, 4.69) is 4.72 Å². The monoisotopic (exact) mass is 443 g/mol. The quantitative estimate of drug-likeness (QED) is 0.666. The number of carbonyl (C=O) groups excluding carboxylic acids is 1. The molecule has 0 saturated heterocycles. The maximum absolute atomic E-state index is 13.1. The number of hydrogen-bond donors (Lipinski definition) is 1. The molecule has 0 aliphatic heterocycles. The van der Waals surface area contributed by atoms with Crippen molar-refractivity contribution in [3.8, 4) is 0 Å². The maximum atomic E-state index is 13.1. The van der Waals surface area contributed by atoms with E-state index >= 15 is 0 Å². The molecule has 0 radical (unpaired) electrons. The maximum Gasteiger partial charge on any atom is 0.243 e. The minimum atomic E-state index is -3.96.